The molecule has 0 fully saturated rings. The summed E-state index contributed by atoms with van der Waals surface area (Å²) in [5.74, 6) is -1.14. The largest absolute Gasteiger partial charge is 0.472 e. The van der Waals surface area contributed by atoms with Crippen molar-refractivity contribution in [3.63, 3.8) is 0 Å². The molecule has 0 radical (unpaired) electrons. The fourth-order valence-electron chi connectivity index (χ4n) is 5.40. The van der Waals surface area contributed by atoms with E-state index < -0.39 is 64.5 Å². The van der Waals surface area contributed by atoms with Crippen molar-refractivity contribution in [1.82, 2.24) is 0 Å². The molecule has 0 aliphatic carbocycles. The molecule has 0 amide bonds. The minimum Gasteiger partial charge on any atom is -0.462 e. The van der Waals surface area contributed by atoms with Gasteiger partial charge in [0.2, 0.25) is 0 Å². The lowest BCUT2D eigenvalue weighted by Gasteiger charge is -2.20. The Hall–Kier alpha value is -2.37. The fourth-order valence-corrected chi connectivity index (χ4v) is 6.19. The van der Waals surface area contributed by atoms with Crippen molar-refractivity contribution >= 4 is 19.8 Å². The van der Waals surface area contributed by atoms with Crippen LogP contribution in [0.1, 0.15) is 162 Å². The van der Waals surface area contributed by atoms with Crippen molar-refractivity contribution in [1.29, 1.82) is 0 Å². The zero-order valence-electron chi connectivity index (χ0n) is 34.7. The number of rotatable bonds is 39. The standard InChI is InChI=1S/C44H77O11P/c1-3-5-7-9-11-13-15-17-18-20-22-24-26-28-30-34-44(49)55-42(39-54-56(50,51)53-37-41(47)36-45)38-52-43(48)35-31-33-40(46)32-29-27-25-23-21-19-16-14-12-10-8-6-4-2/h13,15,17-19,21,25,27,29,32,40-42,45-47H,3-12,14,16,20,22-24,26,28,30-31,33-39H2,1-2H3,(H,50,51)/b15-13-,18-17-,21-19+,27-25+,32-29+/t40?,41-,42+/m0/s1. The van der Waals surface area contributed by atoms with Crippen LogP contribution in [0.4, 0.5) is 0 Å². The molecule has 4 atom stereocenters. The summed E-state index contributed by atoms with van der Waals surface area (Å²) in [7, 11) is -4.67. The molecule has 0 saturated heterocycles. The van der Waals surface area contributed by atoms with Gasteiger partial charge in [0.05, 0.1) is 25.9 Å². The summed E-state index contributed by atoms with van der Waals surface area (Å²) in [6, 6.07) is 0. The number of hydrogen-bond acceptors (Lipinski definition) is 10. The Balaban J connectivity index is 4.53. The average molecular weight is 813 g/mol. The molecule has 0 rings (SSSR count). The molecular formula is C44H77O11P. The molecule has 0 bridgehead atoms. The molecule has 0 saturated carbocycles. The molecule has 2 unspecified atom stereocenters. The number of unbranched alkanes of at least 4 members (excludes halogenated alkanes) is 15. The van der Waals surface area contributed by atoms with E-state index in [0.717, 1.165) is 51.4 Å². The SMILES string of the molecule is CCCCCC/C=C\C=C/CCCCCCCC(=O)O[C@H](COC(=O)CCCC(O)/C=C/C=C/C/C=C/CCCCCCCC)COP(=O)(O)OC[C@@H](O)CO. The van der Waals surface area contributed by atoms with Gasteiger partial charge in [0.1, 0.15) is 12.7 Å². The van der Waals surface area contributed by atoms with Gasteiger partial charge < -0.3 is 29.7 Å². The minimum atomic E-state index is -4.67. The Bertz CT molecular complexity index is 1130. The van der Waals surface area contributed by atoms with E-state index in [1.807, 2.05) is 12.2 Å². The molecule has 4 N–H and O–H groups in total. The highest BCUT2D eigenvalue weighted by atomic mass is 31.2. The van der Waals surface area contributed by atoms with Crippen LogP contribution in [0, 0.1) is 0 Å². The van der Waals surface area contributed by atoms with Crippen LogP contribution in [0.25, 0.3) is 0 Å². The van der Waals surface area contributed by atoms with Crippen LogP contribution in [-0.2, 0) is 32.7 Å². The van der Waals surface area contributed by atoms with Crippen molar-refractivity contribution in [3.05, 3.63) is 60.8 Å². The second-order valence-corrected chi connectivity index (χ2v) is 15.7. The van der Waals surface area contributed by atoms with E-state index in [1.165, 1.54) is 64.2 Å². The third kappa shape index (κ3) is 38.5. The van der Waals surface area contributed by atoms with Gasteiger partial charge in [-0.3, -0.25) is 18.6 Å². The number of phosphoric acid groups is 1. The van der Waals surface area contributed by atoms with E-state index in [2.05, 4.69) is 54.8 Å². The number of aliphatic hydroxyl groups excluding tert-OH is 3. The Morgan fingerprint density at radius 2 is 1.14 bits per heavy atom. The predicted molar refractivity (Wildman–Crippen MR) is 225 cm³/mol. The molecule has 0 heterocycles. The summed E-state index contributed by atoms with van der Waals surface area (Å²) in [6.45, 7) is 2.10. The molecule has 12 heteroatoms. The zero-order valence-corrected chi connectivity index (χ0v) is 35.6. The van der Waals surface area contributed by atoms with Crippen molar-refractivity contribution in [2.45, 2.75) is 180 Å². The Labute approximate surface area is 338 Å². The highest BCUT2D eigenvalue weighted by Gasteiger charge is 2.27. The van der Waals surface area contributed by atoms with Crippen LogP contribution < -0.4 is 0 Å². The second-order valence-electron chi connectivity index (χ2n) is 14.2. The summed E-state index contributed by atoms with van der Waals surface area (Å²) in [4.78, 5) is 35.0. The number of aliphatic hydroxyl groups is 3. The van der Waals surface area contributed by atoms with E-state index in [-0.39, 0.29) is 12.8 Å². The molecule has 56 heavy (non-hydrogen) atoms. The molecule has 0 aliphatic rings. The first-order chi connectivity index (χ1) is 27.1. The highest BCUT2D eigenvalue weighted by molar-refractivity contribution is 7.47. The molecule has 0 aromatic carbocycles. The number of ether oxygens (including phenoxy) is 2. The van der Waals surface area contributed by atoms with E-state index in [9.17, 15) is 29.3 Å². The fraction of sp³-hybridized carbons (Fsp3) is 0.727. The summed E-state index contributed by atoms with van der Waals surface area (Å²) < 4.78 is 32.5. The lowest BCUT2D eigenvalue weighted by molar-refractivity contribution is -0.161. The topological polar surface area (TPSA) is 169 Å². The minimum absolute atomic E-state index is 0.0118. The third-order valence-corrected chi connectivity index (χ3v) is 9.73. The van der Waals surface area contributed by atoms with Crippen molar-refractivity contribution in [2.75, 3.05) is 26.4 Å². The van der Waals surface area contributed by atoms with Crippen LogP contribution in [0.3, 0.4) is 0 Å². The van der Waals surface area contributed by atoms with Crippen molar-refractivity contribution < 1.29 is 52.9 Å². The molecule has 0 spiro atoms. The number of phosphoric ester groups is 1. The van der Waals surface area contributed by atoms with Crippen LogP contribution in [0.2, 0.25) is 0 Å². The number of allylic oxidation sites excluding steroid dienone is 9. The molecule has 324 valence electrons. The van der Waals surface area contributed by atoms with Gasteiger partial charge in [-0.15, -0.1) is 0 Å². The van der Waals surface area contributed by atoms with Crippen LogP contribution in [0.5, 0.6) is 0 Å². The van der Waals surface area contributed by atoms with Crippen LogP contribution >= 0.6 is 7.82 Å². The molecule has 0 aromatic rings. The van der Waals surface area contributed by atoms with E-state index in [1.54, 1.807) is 12.2 Å². The number of carbonyl (C=O) groups excluding carboxylic acids is 2. The maximum atomic E-state index is 12.6. The first-order valence-electron chi connectivity index (χ1n) is 21.4. The van der Waals surface area contributed by atoms with Crippen LogP contribution in [0.15, 0.2) is 60.8 Å². The van der Waals surface area contributed by atoms with Crippen molar-refractivity contribution in [2.24, 2.45) is 0 Å². The third-order valence-electron chi connectivity index (χ3n) is 8.78. The normalized spacial score (nSPS) is 15.0. The van der Waals surface area contributed by atoms with E-state index in [4.69, 9.17) is 19.1 Å². The van der Waals surface area contributed by atoms with Gasteiger partial charge in [-0.25, -0.2) is 4.57 Å². The summed E-state index contributed by atoms with van der Waals surface area (Å²) in [6.07, 6.45) is 39.3. The molecule has 0 aliphatic heterocycles. The van der Waals surface area contributed by atoms with Gasteiger partial charge in [-0.2, -0.15) is 0 Å². The van der Waals surface area contributed by atoms with Gasteiger partial charge >= 0.3 is 19.8 Å². The van der Waals surface area contributed by atoms with Gasteiger partial charge in [-0.1, -0.05) is 145 Å². The van der Waals surface area contributed by atoms with Gasteiger partial charge in [0.25, 0.3) is 0 Å². The highest BCUT2D eigenvalue weighted by Crippen LogP contribution is 2.43. The molecule has 0 aromatic heterocycles. The summed E-state index contributed by atoms with van der Waals surface area (Å²) in [5.41, 5.74) is 0. The summed E-state index contributed by atoms with van der Waals surface area (Å²) >= 11 is 0. The van der Waals surface area contributed by atoms with E-state index in [0.29, 0.717) is 19.3 Å². The monoisotopic (exact) mass is 813 g/mol. The Morgan fingerprint density at radius 3 is 1.79 bits per heavy atom. The summed E-state index contributed by atoms with van der Waals surface area (Å²) in [5, 5.41) is 28.6. The smallest absolute Gasteiger partial charge is 0.462 e. The first-order valence-corrected chi connectivity index (χ1v) is 22.9. The molecular weight excluding hydrogens is 735 g/mol. The predicted octanol–water partition coefficient (Wildman–Crippen LogP) is 10.1. The zero-order chi connectivity index (χ0) is 41.4. The second kappa shape index (κ2) is 39.5. The maximum absolute atomic E-state index is 12.6. The average Bonchev–Trinajstić information content (AvgIpc) is 3.18. The quantitative estimate of drug-likeness (QED) is 0.0153. The first kappa shape index (κ1) is 53.6. The Kier molecular flexibility index (Phi) is 37.8. The number of esters is 2. The van der Waals surface area contributed by atoms with Crippen molar-refractivity contribution in [3.8, 4) is 0 Å². The lowest BCUT2D eigenvalue weighted by Crippen LogP contribution is -2.30. The lowest BCUT2D eigenvalue weighted by atomic mass is 10.1. The number of hydrogen-bond donors (Lipinski definition) is 4. The molecule has 11 nitrogen and oxygen atoms in total. The number of carbonyl (C=O) groups is 2. The van der Waals surface area contributed by atoms with Crippen LogP contribution in [-0.4, -0.2) is 76.9 Å². The Morgan fingerprint density at radius 1 is 0.607 bits per heavy atom. The van der Waals surface area contributed by atoms with Gasteiger partial charge in [-0.05, 0) is 64.2 Å². The van der Waals surface area contributed by atoms with Gasteiger partial charge in [0, 0.05) is 12.8 Å². The maximum Gasteiger partial charge on any atom is 0.472 e. The van der Waals surface area contributed by atoms with E-state index >= 15 is 0 Å². The van der Waals surface area contributed by atoms with Gasteiger partial charge in [0.15, 0.2) is 6.10 Å².